The summed E-state index contributed by atoms with van der Waals surface area (Å²) in [6.07, 6.45) is 5.87. The molecule has 3 heterocycles. The van der Waals surface area contributed by atoms with Crippen molar-refractivity contribution in [1.82, 2.24) is 20.1 Å². The highest BCUT2D eigenvalue weighted by atomic mass is 16.5. The van der Waals surface area contributed by atoms with E-state index in [9.17, 15) is 4.79 Å². The van der Waals surface area contributed by atoms with E-state index in [-0.39, 0.29) is 12.1 Å². The lowest BCUT2D eigenvalue weighted by molar-refractivity contribution is 0.0940. The van der Waals surface area contributed by atoms with E-state index < -0.39 is 0 Å². The van der Waals surface area contributed by atoms with E-state index in [1.165, 1.54) is 0 Å². The average molecular weight is 339 g/mol. The number of carbonyl (C=O) groups is 1. The molecular formula is C18H21N5O2. The van der Waals surface area contributed by atoms with Gasteiger partial charge in [0.1, 0.15) is 0 Å². The van der Waals surface area contributed by atoms with Crippen molar-refractivity contribution < 1.29 is 9.53 Å². The van der Waals surface area contributed by atoms with Gasteiger partial charge in [-0.25, -0.2) is 4.79 Å². The Labute approximate surface area is 145 Å². The van der Waals surface area contributed by atoms with Crippen molar-refractivity contribution in [3.05, 3.63) is 48.4 Å². The maximum atomic E-state index is 12.1. The molecule has 0 saturated carbocycles. The molecule has 7 nitrogen and oxygen atoms in total. The Bertz CT molecular complexity index is 830. The first-order valence-corrected chi connectivity index (χ1v) is 8.52. The summed E-state index contributed by atoms with van der Waals surface area (Å²) in [5.41, 5.74) is 2.70. The zero-order valence-corrected chi connectivity index (χ0v) is 13.9. The molecule has 0 bridgehead atoms. The number of benzene rings is 1. The highest BCUT2D eigenvalue weighted by Crippen LogP contribution is 2.16. The number of nitrogens with one attached hydrogen (secondary N) is 3. The maximum absolute atomic E-state index is 12.1. The molecule has 1 fully saturated rings. The normalized spacial score (nSPS) is 17.0. The fourth-order valence-electron chi connectivity index (χ4n) is 3.10. The molecule has 1 saturated heterocycles. The quantitative estimate of drug-likeness (QED) is 0.668. The molecule has 1 aliphatic rings. The lowest BCUT2D eigenvalue weighted by atomic mass is 10.2. The molecule has 1 aromatic carbocycles. The van der Waals surface area contributed by atoms with Crippen molar-refractivity contribution in [1.29, 1.82) is 0 Å². The lowest BCUT2D eigenvalue weighted by Crippen LogP contribution is -2.28. The Morgan fingerprint density at radius 1 is 1.40 bits per heavy atom. The summed E-state index contributed by atoms with van der Waals surface area (Å²) in [5, 5.41) is 11.1. The summed E-state index contributed by atoms with van der Waals surface area (Å²) >= 11 is 0. The smallest absolute Gasteiger partial charge is 0.319 e. The predicted octanol–water partition coefficient (Wildman–Crippen LogP) is 2.87. The van der Waals surface area contributed by atoms with Crippen LogP contribution < -0.4 is 10.6 Å². The van der Waals surface area contributed by atoms with Crippen LogP contribution in [0.3, 0.4) is 0 Å². The van der Waals surface area contributed by atoms with Gasteiger partial charge in [0, 0.05) is 24.0 Å². The van der Waals surface area contributed by atoms with Gasteiger partial charge in [0.25, 0.3) is 0 Å². The zero-order valence-electron chi connectivity index (χ0n) is 13.9. The summed E-state index contributed by atoms with van der Waals surface area (Å²) in [4.78, 5) is 15.3. The monoisotopic (exact) mass is 339 g/mol. The Kier molecular flexibility index (Phi) is 4.39. The lowest BCUT2D eigenvalue weighted by Gasteiger charge is -2.08. The van der Waals surface area contributed by atoms with E-state index in [1.807, 2.05) is 41.2 Å². The molecular weight excluding hydrogens is 318 g/mol. The van der Waals surface area contributed by atoms with E-state index in [0.29, 0.717) is 12.2 Å². The van der Waals surface area contributed by atoms with Crippen LogP contribution in [0.2, 0.25) is 0 Å². The molecule has 7 heteroatoms. The highest BCUT2D eigenvalue weighted by molar-refractivity contribution is 5.89. The third kappa shape index (κ3) is 3.83. The van der Waals surface area contributed by atoms with Gasteiger partial charge in [-0.2, -0.15) is 5.10 Å². The van der Waals surface area contributed by atoms with Crippen molar-refractivity contribution >= 4 is 22.6 Å². The minimum Gasteiger partial charge on any atom is -0.376 e. The number of para-hydroxylation sites is 1. The van der Waals surface area contributed by atoms with Gasteiger partial charge in [0.15, 0.2) is 0 Å². The topological polar surface area (TPSA) is 84.0 Å². The first-order valence-electron chi connectivity index (χ1n) is 8.52. The molecule has 2 aromatic heterocycles. The Morgan fingerprint density at radius 3 is 3.16 bits per heavy atom. The van der Waals surface area contributed by atoms with Crippen LogP contribution in [0.5, 0.6) is 0 Å². The second kappa shape index (κ2) is 6.98. The van der Waals surface area contributed by atoms with Crippen molar-refractivity contribution in [3.8, 4) is 0 Å². The molecule has 4 rings (SSSR count). The number of carbonyl (C=O) groups excluding carboxylic acids is 1. The van der Waals surface area contributed by atoms with Crippen molar-refractivity contribution in [2.75, 3.05) is 11.9 Å². The van der Waals surface area contributed by atoms with Crippen LogP contribution in [0.15, 0.2) is 42.7 Å². The zero-order chi connectivity index (χ0) is 17.1. The number of amides is 2. The van der Waals surface area contributed by atoms with E-state index in [4.69, 9.17) is 4.74 Å². The van der Waals surface area contributed by atoms with E-state index in [1.54, 1.807) is 6.20 Å². The fourth-order valence-corrected chi connectivity index (χ4v) is 3.10. The van der Waals surface area contributed by atoms with Gasteiger partial charge in [-0.05, 0) is 30.4 Å². The maximum Gasteiger partial charge on any atom is 0.319 e. The largest absolute Gasteiger partial charge is 0.376 e. The molecule has 1 atom stereocenters. The Hall–Kier alpha value is -2.80. The van der Waals surface area contributed by atoms with Gasteiger partial charge in [-0.1, -0.05) is 18.2 Å². The van der Waals surface area contributed by atoms with Gasteiger partial charge >= 0.3 is 6.03 Å². The Morgan fingerprint density at radius 2 is 2.32 bits per heavy atom. The Balaban J connectivity index is 1.29. The van der Waals surface area contributed by atoms with Crippen LogP contribution in [0.1, 0.15) is 18.5 Å². The summed E-state index contributed by atoms with van der Waals surface area (Å²) in [6, 6.07) is 9.81. The summed E-state index contributed by atoms with van der Waals surface area (Å²) < 4.78 is 7.40. The molecule has 2 amide bonds. The summed E-state index contributed by atoms with van der Waals surface area (Å²) in [6.45, 7) is 1.98. The van der Waals surface area contributed by atoms with Crippen LogP contribution in [0.4, 0.5) is 10.5 Å². The van der Waals surface area contributed by atoms with Gasteiger partial charge in [0.2, 0.25) is 0 Å². The molecule has 25 heavy (non-hydrogen) atoms. The summed E-state index contributed by atoms with van der Waals surface area (Å²) in [7, 11) is 0. The third-order valence-corrected chi connectivity index (χ3v) is 4.33. The van der Waals surface area contributed by atoms with Crippen LogP contribution in [-0.2, 0) is 17.8 Å². The van der Waals surface area contributed by atoms with Crippen LogP contribution in [-0.4, -0.2) is 33.5 Å². The van der Waals surface area contributed by atoms with E-state index >= 15 is 0 Å². The number of H-pyrrole nitrogens is 1. The number of urea groups is 1. The molecule has 130 valence electrons. The van der Waals surface area contributed by atoms with Gasteiger partial charge in [0.05, 0.1) is 31.1 Å². The number of rotatable bonds is 5. The first-order chi connectivity index (χ1) is 12.3. The number of anilines is 1. The number of aromatic amines is 1. The number of ether oxygens (including phenoxy) is 1. The SMILES string of the molecule is O=C(NCc1cc2ccccc2[nH]1)Nc1cnn(CC2CCCO2)c1. The highest BCUT2D eigenvalue weighted by Gasteiger charge is 2.16. The van der Waals surface area contributed by atoms with Crippen LogP contribution in [0, 0.1) is 0 Å². The molecule has 3 aromatic rings. The number of hydrogen-bond acceptors (Lipinski definition) is 3. The van der Waals surface area contributed by atoms with Crippen molar-refractivity contribution in [2.45, 2.75) is 32.0 Å². The number of hydrogen-bond donors (Lipinski definition) is 3. The van der Waals surface area contributed by atoms with Crippen LogP contribution >= 0.6 is 0 Å². The fraction of sp³-hybridized carbons (Fsp3) is 0.333. The molecule has 1 unspecified atom stereocenters. The van der Waals surface area contributed by atoms with Crippen molar-refractivity contribution in [2.24, 2.45) is 0 Å². The third-order valence-electron chi connectivity index (χ3n) is 4.33. The second-order valence-electron chi connectivity index (χ2n) is 6.28. The average Bonchev–Trinajstić information content (AvgIpc) is 3.34. The van der Waals surface area contributed by atoms with Crippen molar-refractivity contribution in [3.63, 3.8) is 0 Å². The number of nitrogens with zero attached hydrogens (tertiary/aromatic N) is 2. The molecule has 3 N–H and O–H groups in total. The predicted molar refractivity (Wildman–Crippen MR) is 95.4 cm³/mol. The molecule has 0 spiro atoms. The summed E-state index contributed by atoms with van der Waals surface area (Å²) in [5.74, 6) is 0. The molecule has 0 radical (unpaired) electrons. The second-order valence-corrected chi connectivity index (χ2v) is 6.28. The van der Waals surface area contributed by atoms with Gasteiger partial charge < -0.3 is 20.4 Å². The number of fused-ring (bicyclic) bond motifs is 1. The minimum absolute atomic E-state index is 0.226. The van der Waals surface area contributed by atoms with Gasteiger partial charge in [-0.3, -0.25) is 4.68 Å². The first kappa shape index (κ1) is 15.7. The van der Waals surface area contributed by atoms with E-state index in [2.05, 4.69) is 20.7 Å². The van der Waals surface area contributed by atoms with E-state index in [0.717, 1.165) is 42.6 Å². The molecule has 1 aliphatic heterocycles. The molecule has 0 aliphatic carbocycles. The van der Waals surface area contributed by atoms with Gasteiger partial charge in [-0.15, -0.1) is 0 Å². The minimum atomic E-state index is -0.254. The number of aromatic nitrogens is 3. The standard InChI is InChI=1S/C18H21N5O2/c24-18(19-9-14-8-13-4-1-2-6-17(13)21-14)22-15-10-20-23(11-15)12-16-5-3-7-25-16/h1-2,4,6,8,10-11,16,21H,3,5,7,9,12H2,(H2,19,22,24). The van der Waals surface area contributed by atoms with Crippen LogP contribution in [0.25, 0.3) is 10.9 Å².